The second kappa shape index (κ2) is 8.50. The van der Waals surface area contributed by atoms with Gasteiger partial charge in [-0.25, -0.2) is 19.9 Å². The number of piperidine rings is 1. The molecule has 2 unspecified atom stereocenters. The second-order valence-electron chi connectivity index (χ2n) is 6.89. The highest BCUT2D eigenvalue weighted by Gasteiger charge is 2.33. The molecule has 0 saturated carbocycles. The minimum atomic E-state index is -0.303. The van der Waals surface area contributed by atoms with Gasteiger partial charge in [0.15, 0.2) is 11.5 Å². The normalized spacial score (nSPS) is 19.2. The van der Waals surface area contributed by atoms with Crippen LogP contribution >= 0.6 is 0 Å². The predicted octanol–water partition coefficient (Wildman–Crippen LogP) is 0.746. The van der Waals surface area contributed by atoms with Crippen LogP contribution in [0, 0.1) is 6.92 Å². The summed E-state index contributed by atoms with van der Waals surface area (Å²) < 4.78 is 7.85. The van der Waals surface area contributed by atoms with Gasteiger partial charge in [0.1, 0.15) is 6.33 Å². The zero-order valence-electron chi connectivity index (χ0n) is 16.4. The summed E-state index contributed by atoms with van der Waals surface area (Å²) in [6.07, 6.45) is 10.5. The minimum Gasteiger partial charge on any atom is -0.375 e. The monoisotopic (exact) mass is 396 g/mol. The van der Waals surface area contributed by atoms with Gasteiger partial charge in [-0.2, -0.15) is 0 Å². The zero-order chi connectivity index (χ0) is 20.2. The summed E-state index contributed by atoms with van der Waals surface area (Å²) >= 11 is 0. The number of rotatable bonds is 6. The number of fused-ring (bicyclic) bond motifs is 1. The Morgan fingerprint density at radius 1 is 1.34 bits per heavy atom. The van der Waals surface area contributed by atoms with E-state index in [-0.39, 0.29) is 18.1 Å². The SMILES string of the molecule is CCOC1CNCCC1N(NC(=O)c1cncnc1)c1cn2cc(C)nc2cn1. The first-order valence-corrected chi connectivity index (χ1v) is 9.64. The molecular weight excluding hydrogens is 372 g/mol. The van der Waals surface area contributed by atoms with Crippen LogP contribution in [0.15, 0.2) is 37.3 Å². The molecule has 3 aromatic rings. The largest absolute Gasteiger partial charge is 0.375 e. The number of nitrogens with one attached hydrogen (secondary N) is 2. The molecule has 3 aromatic heterocycles. The van der Waals surface area contributed by atoms with Crippen LogP contribution in [0.1, 0.15) is 29.4 Å². The Morgan fingerprint density at radius 3 is 2.97 bits per heavy atom. The molecule has 2 atom stereocenters. The molecule has 2 N–H and O–H groups in total. The molecular formula is C19H24N8O2. The van der Waals surface area contributed by atoms with Crippen molar-refractivity contribution in [2.24, 2.45) is 0 Å². The summed E-state index contributed by atoms with van der Waals surface area (Å²) in [5.74, 6) is 0.305. The quantitative estimate of drug-likeness (QED) is 0.588. The Balaban J connectivity index is 1.69. The molecule has 0 radical (unpaired) electrons. The molecule has 0 bridgehead atoms. The Labute approximate surface area is 168 Å². The average Bonchev–Trinajstić information content (AvgIpc) is 3.12. The lowest BCUT2D eigenvalue weighted by Gasteiger charge is -2.40. The van der Waals surface area contributed by atoms with Gasteiger partial charge in [0.2, 0.25) is 0 Å². The van der Waals surface area contributed by atoms with E-state index >= 15 is 0 Å². The molecule has 10 heteroatoms. The van der Waals surface area contributed by atoms with Gasteiger partial charge in [0, 0.05) is 31.7 Å². The maximum absolute atomic E-state index is 12.9. The molecule has 1 aliphatic rings. The van der Waals surface area contributed by atoms with E-state index in [4.69, 9.17) is 4.74 Å². The van der Waals surface area contributed by atoms with Crippen LogP contribution in [-0.2, 0) is 4.74 Å². The van der Waals surface area contributed by atoms with Crippen molar-refractivity contribution in [1.82, 2.24) is 35.1 Å². The van der Waals surface area contributed by atoms with E-state index < -0.39 is 0 Å². The van der Waals surface area contributed by atoms with E-state index in [1.807, 2.05) is 30.6 Å². The van der Waals surface area contributed by atoms with Crippen molar-refractivity contribution in [3.05, 3.63) is 48.6 Å². The van der Waals surface area contributed by atoms with E-state index in [2.05, 4.69) is 30.7 Å². The first kappa shape index (κ1) is 19.2. The van der Waals surface area contributed by atoms with E-state index in [0.29, 0.717) is 24.5 Å². The van der Waals surface area contributed by atoms with Crippen molar-refractivity contribution in [2.45, 2.75) is 32.4 Å². The number of aryl methyl sites for hydroxylation is 1. The summed E-state index contributed by atoms with van der Waals surface area (Å²) in [5.41, 5.74) is 5.01. The highest BCUT2D eigenvalue weighted by atomic mass is 16.5. The molecule has 1 aliphatic heterocycles. The second-order valence-corrected chi connectivity index (χ2v) is 6.89. The van der Waals surface area contributed by atoms with Gasteiger partial charge in [-0.15, -0.1) is 0 Å². The number of carbonyl (C=O) groups excluding carboxylic acids is 1. The maximum Gasteiger partial charge on any atom is 0.272 e. The fraction of sp³-hybridized carbons (Fsp3) is 0.421. The number of hydrogen-bond donors (Lipinski definition) is 2. The third-order valence-electron chi connectivity index (χ3n) is 4.84. The van der Waals surface area contributed by atoms with Crippen LogP contribution in [0.2, 0.25) is 0 Å². The van der Waals surface area contributed by atoms with Crippen molar-refractivity contribution in [2.75, 3.05) is 24.7 Å². The highest BCUT2D eigenvalue weighted by Crippen LogP contribution is 2.21. The third kappa shape index (κ3) is 4.17. The molecule has 152 valence electrons. The van der Waals surface area contributed by atoms with Gasteiger partial charge in [-0.3, -0.25) is 15.2 Å². The minimum absolute atomic E-state index is 0.0839. The molecule has 4 rings (SSSR count). The van der Waals surface area contributed by atoms with Crippen LogP contribution in [0.3, 0.4) is 0 Å². The van der Waals surface area contributed by atoms with Gasteiger partial charge >= 0.3 is 0 Å². The maximum atomic E-state index is 12.9. The van der Waals surface area contributed by atoms with Crippen molar-refractivity contribution in [3.63, 3.8) is 0 Å². The fourth-order valence-corrected chi connectivity index (χ4v) is 3.54. The summed E-state index contributed by atoms with van der Waals surface area (Å²) in [5, 5.41) is 5.15. The lowest BCUT2D eigenvalue weighted by atomic mass is 10.0. The van der Waals surface area contributed by atoms with Crippen LogP contribution in [0.4, 0.5) is 5.82 Å². The van der Waals surface area contributed by atoms with Gasteiger partial charge in [0.25, 0.3) is 5.91 Å². The Bertz CT molecular complexity index is 975. The van der Waals surface area contributed by atoms with Crippen molar-refractivity contribution >= 4 is 17.4 Å². The number of imidazole rings is 1. The Hall–Kier alpha value is -3.11. The van der Waals surface area contributed by atoms with Gasteiger partial charge in [-0.05, 0) is 26.8 Å². The smallest absolute Gasteiger partial charge is 0.272 e. The summed E-state index contributed by atoms with van der Waals surface area (Å²) in [7, 11) is 0. The molecule has 4 heterocycles. The Morgan fingerprint density at radius 2 is 2.17 bits per heavy atom. The fourth-order valence-electron chi connectivity index (χ4n) is 3.54. The molecule has 1 amide bonds. The van der Waals surface area contributed by atoms with Crippen LogP contribution in [-0.4, -0.2) is 62.1 Å². The van der Waals surface area contributed by atoms with E-state index in [0.717, 1.165) is 24.3 Å². The molecule has 0 aliphatic carbocycles. The molecule has 1 saturated heterocycles. The van der Waals surface area contributed by atoms with Crippen LogP contribution in [0.5, 0.6) is 0 Å². The van der Waals surface area contributed by atoms with Crippen LogP contribution in [0.25, 0.3) is 5.65 Å². The lowest BCUT2D eigenvalue weighted by molar-refractivity contribution is 0.0264. The first-order valence-electron chi connectivity index (χ1n) is 9.64. The number of amides is 1. The molecule has 0 spiro atoms. The third-order valence-corrected chi connectivity index (χ3v) is 4.84. The van der Waals surface area contributed by atoms with Gasteiger partial charge in [0.05, 0.1) is 35.8 Å². The van der Waals surface area contributed by atoms with Gasteiger partial charge < -0.3 is 14.5 Å². The summed E-state index contributed by atoms with van der Waals surface area (Å²) in [4.78, 5) is 29.7. The highest BCUT2D eigenvalue weighted by molar-refractivity contribution is 5.94. The number of carbonyl (C=O) groups is 1. The molecule has 1 fully saturated rings. The number of nitrogens with zero attached hydrogens (tertiary/aromatic N) is 6. The van der Waals surface area contributed by atoms with Crippen molar-refractivity contribution in [1.29, 1.82) is 0 Å². The van der Waals surface area contributed by atoms with E-state index in [9.17, 15) is 4.79 Å². The topological polar surface area (TPSA) is 110 Å². The van der Waals surface area contributed by atoms with Crippen molar-refractivity contribution < 1.29 is 9.53 Å². The molecule has 29 heavy (non-hydrogen) atoms. The number of hydrogen-bond acceptors (Lipinski definition) is 8. The number of hydrazine groups is 1. The standard InChI is InChI=1S/C19H24N8O2/c1-3-29-16-8-20-5-4-15(16)27(25-19(28)14-6-21-12-22-7-14)18-11-26-10-13(2)24-17(26)9-23-18/h6-7,9-12,15-16,20H,3-5,8H2,1-2H3,(H,25,28). The predicted molar refractivity (Wildman–Crippen MR) is 106 cm³/mol. The summed E-state index contributed by atoms with van der Waals surface area (Å²) in [6, 6.07) is -0.0839. The molecule has 10 nitrogen and oxygen atoms in total. The zero-order valence-corrected chi connectivity index (χ0v) is 16.4. The van der Waals surface area contributed by atoms with Crippen LogP contribution < -0.4 is 15.8 Å². The van der Waals surface area contributed by atoms with Gasteiger partial charge in [-0.1, -0.05) is 0 Å². The number of anilines is 1. The summed E-state index contributed by atoms with van der Waals surface area (Å²) in [6.45, 7) is 6.01. The lowest BCUT2D eigenvalue weighted by Crippen LogP contribution is -2.60. The average molecular weight is 396 g/mol. The number of ether oxygens (including phenoxy) is 1. The first-order chi connectivity index (χ1) is 14.2. The van der Waals surface area contributed by atoms with E-state index in [1.165, 1.54) is 18.7 Å². The van der Waals surface area contributed by atoms with E-state index in [1.54, 1.807) is 11.2 Å². The Kier molecular flexibility index (Phi) is 5.63. The van der Waals surface area contributed by atoms with Crippen molar-refractivity contribution in [3.8, 4) is 0 Å². The molecule has 0 aromatic carbocycles. The number of aromatic nitrogens is 5.